The second-order valence-electron chi connectivity index (χ2n) is 3.95. The number of benzene rings is 1. The first-order chi connectivity index (χ1) is 9.97. The van der Waals surface area contributed by atoms with E-state index in [2.05, 4.69) is 15.1 Å². The molecule has 0 spiro atoms. The Morgan fingerprint density at radius 1 is 1.38 bits per heavy atom. The lowest BCUT2D eigenvalue weighted by Gasteiger charge is -2.14. The molecule has 0 amide bonds. The molecule has 0 saturated carbocycles. The SMILES string of the molecule is N#Cc1cccc(-n2ccc(CN=[N+]=[N-])n2)c1C(F)(F)F. The van der Waals surface area contributed by atoms with Gasteiger partial charge in [0.2, 0.25) is 0 Å². The number of hydrogen-bond donors (Lipinski definition) is 0. The van der Waals surface area contributed by atoms with E-state index in [1.165, 1.54) is 30.5 Å². The average Bonchev–Trinajstić information content (AvgIpc) is 2.92. The van der Waals surface area contributed by atoms with Gasteiger partial charge < -0.3 is 0 Å². The van der Waals surface area contributed by atoms with Gasteiger partial charge in [0.1, 0.15) is 0 Å². The molecular formula is C12H7F3N6. The second-order valence-corrected chi connectivity index (χ2v) is 3.95. The molecule has 0 aliphatic rings. The Kier molecular flexibility index (Phi) is 3.82. The highest BCUT2D eigenvalue weighted by atomic mass is 19.4. The number of nitriles is 1. The van der Waals surface area contributed by atoms with E-state index < -0.39 is 17.3 Å². The summed E-state index contributed by atoms with van der Waals surface area (Å²) in [6, 6.07) is 6.62. The monoisotopic (exact) mass is 292 g/mol. The molecule has 0 bridgehead atoms. The Balaban J connectivity index is 2.56. The van der Waals surface area contributed by atoms with Gasteiger partial charge in [-0.2, -0.15) is 23.5 Å². The van der Waals surface area contributed by atoms with Crippen molar-refractivity contribution in [3.8, 4) is 11.8 Å². The molecule has 0 aliphatic carbocycles. The quantitative estimate of drug-likeness (QED) is 0.491. The number of nitrogens with zero attached hydrogens (tertiary/aromatic N) is 6. The normalized spacial score (nSPS) is 10.8. The molecule has 6 nitrogen and oxygen atoms in total. The van der Waals surface area contributed by atoms with Gasteiger partial charge in [-0.15, -0.1) is 0 Å². The van der Waals surface area contributed by atoms with Gasteiger partial charge in [0, 0.05) is 11.1 Å². The lowest BCUT2D eigenvalue weighted by atomic mass is 10.1. The zero-order chi connectivity index (χ0) is 15.5. The number of aromatic nitrogens is 2. The van der Waals surface area contributed by atoms with Crippen molar-refractivity contribution >= 4 is 0 Å². The summed E-state index contributed by atoms with van der Waals surface area (Å²) in [5, 5.41) is 16.0. The van der Waals surface area contributed by atoms with Crippen molar-refractivity contribution in [3.63, 3.8) is 0 Å². The minimum Gasteiger partial charge on any atom is -0.240 e. The smallest absolute Gasteiger partial charge is 0.240 e. The Labute approximate surface area is 116 Å². The fourth-order valence-corrected chi connectivity index (χ4v) is 1.81. The standard InChI is InChI=1S/C12H7F3N6/c13-12(14,15)11-8(6-16)2-1-3-10(11)21-5-4-9(19-21)7-18-20-17/h1-5H,7H2. The summed E-state index contributed by atoms with van der Waals surface area (Å²) in [5.41, 5.74) is 6.75. The van der Waals surface area contributed by atoms with Gasteiger partial charge in [-0.05, 0) is 23.7 Å². The summed E-state index contributed by atoms with van der Waals surface area (Å²) in [6.07, 6.45) is -3.37. The highest BCUT2D eigenvalue weighted by molar-refractivity contribution is 5.52. The maximum Gasteiger partial charge on any atom is 0.419 e. The van der Waals surface area contributed by atoms with Gasteiger partial charge in [0.15, 0.2) is 0 Å². The average molecular weight is 292 g/mol. The van der Waals surface area contributed by atoms with Crippen LogP contribution >= 0.6 is 0 Å². The van der Waals surface area contributed by atoms with E-state index in [4.69, 9.17) is 10.8 Å². The number of rotatable bonds is 3. The highest BCUT2D eigenvalue weighted by Gasteiger charge is 2.37. The van der Waals surface area contributed by atoms with Crippen LogP contribution in [0.2, 0.25) is 0 Å². The van der Waals surface area contributed by atoms with Gasteiger partial charge >= 0.3 is 6.18 Å². The zero-order valence-corrected chi connectivity index (χ0v) is 10.4. The van der Waals surface area contributed by atoms with Crippen LogP contribution in [0.3, 0.4) is 0 Å². The first-order valence-corrected chi connectivity index (χ1v) is 5.63. The van der Waals surface area contributed by atoms with Gasteiger partial charge in [0.05, 0.1) is 35.1 Å². The molecule has 1 aromatic heterocycles. The van der Waals surface area contributed by atoms with E-state index in [1.54, 1.807) is 0 Å². The molecule has 1 aromatic carbocycles. The van der Waals surface area contributed by atoms with Gasteiger partial charge in [0.25, 0.3) is 0 Å². The summed E-state index contributed by atoms with van der Waals surface area (Å²) < 4.78 is 40.4. The van der Waals surface area contributed by atoms with Crippen molar-refractivity contribution in [2.75, 3.05) is 0 Å². The minimum atomic E-state index is -4.68. The minimum absolute atomic E-state index is 0.0667. The molecule has 9 heteroatoms. The van der Waals surface area contributed by atoms with Crippen molar-refractivity contribution in [3.05, 3.63) is 57.7 Å². The van der Waals surface area contributed by atoms with Crippen LogP contribution in [0.4, 0.5) is 13.2 Å². The number of hydrogen-bond acceptors (Lipinski definition) is 3. The fourth-order valence-electron chi connectivity index (χ4n) is 1.81. The van der Waals surface area contributed by atoms with Crippen LogP contribution in [0.5, 0.6) is 0 Å². The van der Waals surface area contributed by atoms with E-state index in [-0.39, 0.29) is 12.2 Å². The first-order valence-electron chi connectivity index (χ1n) is 5.63. The third-order valence-electron chi connectivity index (χ3n) is 2.63. The molecule has 2 rings (SSSR count). The molecular weight excluding hydrogens is 285 g/mol. The number of alkyl halides is 3. The lowest BCUT2D eigenvalue weighted by molar-refractivity contribution is -0.137. The molecule has 0 saturated heterocycles. The topological polar surface area (TPSA) is 90.4 Å². The van der Waals surface area contributed by atoms with E-state index in [0.717, 1.165) is 10.7 Å². The summed E-state index contributed by atoms with van der Waals surface area (Å²) >= 11 is 0. The number of halogens is 3. The van der Waals surface area contributed by atoms with Crippen LogP contribution < -0.4 is 0 Å². The molecule has 0 fully saturated rings. The Morgan fingerprint density at radius 3 is 2.76 bits per heavy atom. The zero-order valence-electron chi connectivity index (χ0n) is 10.4. The molecule has 21 heavy (non-hydrogen) atoms. The predicted molar refractivity (Wildman–Crippen MR) is 66.1 cm³/mol. The molecule has 1 heterocycles. The summed E-state index contributed by atoms with van der Waals surface area (Å²) in [7, 11) is 0. The maximum atomic E-state index is 13.1. The van der Waals surface area contributed by atoms with Gasteiger partial charge in [-0.25, -0.2) is 4.68 Å². The summed E-state index contributed by atoms with van der Waals surface area (Å²) in [4.78, 5) is 2.55. The Morgan fingerprint density at radius 2 is 2.14 bits per heavy atom. The maximum absolute atomic E-state index is 13.1. The van der Waals surface area contributed by atoms with Crippen molar-refractivity contribution < 1.29 is 13.2 Å². The molecule has 0 aliphatic heterocycles. The highest BCUT2D eigenvalue weighted by Crippen LogP contribution is 2.36. The fraction of sp³-hybridized carbons (Fsp3) is 0.167. The van der Waals surface area contributed by atoms with Crippen LogP contribution in [-0.2, 0) is 12.7 Å². The van der Waals surface area contributed by atoms with Crippen molar-refractivity contribution in [2.45, 2.75) is 12.7 Å². The van der Waals surface area contributed by atoms with Crippen molar-refractivity contribution in [2.24, 2.45) is 5.11 Å². The van der Waals surface area contributed by atoms with E-state index in [9.17, 15) is 13.2 Å². The van der Waals surface area contributed by atoms with E-state index in [1.807, 2.05) is 0 Å². The van der Waals surface area contributed by atoms with Crippen LogP contribution in [0, 0.1) is 11.3 Å². The van der Waals surface area contributed by atoms with Crippen LogP contribution in [0.25, 0.3) is 16.1 Å². The van der Waals surface area contributed by atoms with Crippen LogP contribution in [0.1, 0.15) is 16.8 Å². The second kappa shape index (κ2) is 5.56. The molecule has 2 aromatic rings. The first kappa shape index (κ1) is 14.4. The molecule has 0 N–H and O–H groups in total. The Bertz CT molecular complexity index is 749. The number of azide groups is 1. The third-order valence-corrected chi connectivity index (χ3v) is 2.63. The van der Waals surface area contributed by atoms with Gasteiger partial charge in [-0.1, -0.05) is 11.2 Å². The van der Waals surface area contributed by atoms with Crippen molar-refractivity contribution in [1.82, 2.24) is 9.78 Å². The Hall–Kier alpha value is -2.98. The summed E-state index contributed by atoms with van der Waals surface area (Å²) in [6.45, 7) is -0.0667. The van der Waals surface area contributed by atoms with Crippen molar-refractivity contribution in [1.29, 1.82) is 5.26 Å². The third kappa shape index (κ3) is 2.96. The van der Waals surface area contributed by atoms with E-state index in [0.29, 0.717) is 5.69 Å². The molecule has 0 atom stereocenters. The molecule has 0 unspecified atom stereocenters. The van der Waals surface area contributed by atoms with Crippen LogP contribution in [0.15, 0.2) is 35.6 Å². The van der Waals surface area contributed by atoms with E-state index >= 15 is 0 Å². The lowest BCUT2D eigenvalue weighted by Crippen LogP contribution is -2.13. The largest absolute Gasteiger partial charge is 0.419 e. The van der Waals surface area contributed by atoms with Gasteiger partial charge in [-0.3, -0.25) is 0 Å². The predicted octanol–water partition coefficient (Wildman–Crippen LogP) is 3.57. The molecule has 106 valence electrons. The van der Waals surface area contributed by atoms with Crippen LogP contribution in [-0.4, -0.2) is 9.78 Å². The molecule has 0 radical (unpaired) electrons. The summed E-state index contributed by atoms with van der Waals surface area (Å²) in [5.74, 6) is 0.